The molecule has 0 N–H and O–H groups in total. The third-order valence-electron chi connectivity index (χ3n) is 12.8. The van der Waals surface area contributed by atoms with Crippen LogP contribution in [0.2, 0.25) is 0 Å². The number of fused-ring (bicyclic) bond motifs is 8. The van der Waals surface area contributed by atoms with Crippen molar-refractivity contribution in [2.75, 3.05) is 0 Å². The van der Waals surface area contributed by atoms with E-state index in [-0.39, 0.29) is 5.41 Å². The van der Waals surface area contributed by atoms with Gasteiger partial charge in [0, 0.05) is 33.2 Å². The van der Waals surface area contributed by atoms with Crippen molar-refractivity contribution in [2.45, 2.75) is 32.1 Å². The minimum atomic E-state index is -0.405. The van der Waals surface area contributed by atoms with Gasteiger partial charge in [-0.2, -0.15) is 0 Å². The number of rotatable bonds is 5. The monoisotopic (exact) mass is 747 g/mol. The second-order valence-corrected chi connectivity index (χ2v) is 16.1. The summed E-state index contributed by atoms with van der Waals surface area (Å²) in [5.74, 6) is 4.28. The largest absolute Gasteiger partial charge is 0.460 e. The number of para-hydroxylation sites is 1. The SMILES string of the molecule is CC1C=CC2=C(C1)C1(c3ccccc32)c2cccc(-c3ccccc3-c3ccccc3-c3nc(-c4ccccc4)nc(-c4ccccc4)n3)c2OC2=CC=CC[C@@]21C. The number of hydrogen-bond acceptors (Lipinski definition) is 4. The molecule has 0 radical (unpaired) electrons. The Bertz CT molecular complexity index is 2850. The minimum Gasteiger partial charge on any atom is -0.460 e. The highest BCUT2D eigenvalue weighted by molar-refractivity contribution is 5.95. The number of hydrogen-bond donors (Lipinski definition) is 0. The smallest absolute Gasteiger partial charge is 0.164 e. The summed E-state index contributed by atoms with van der Waals surface area (Å²) in [5.41, 5.74) is 13.2. The van der Waals surface area contributed by atoms with Crippen LogP contribution in [0, 0.1) is 11.3 Å². The van der Waals surface area contributed by atoms with Crippen LogP contribution in [-0.4, -0.2) is 15.0 Å². The number of allylic oxidation sites excluding steroid dienone is 8. The Morgan fingerprint density at radius 2 is 1.09 bits per heavy atom. The van der Waals surface area contributed by atoms with Gasteiger partial charge >= 0.3 is 0 Å². The van der Waals surface area contributed by atoms with Crippen molar-refractivity contribution in [3.05, 3.63) is 210 Å². The summed E-state index contributed by atoms with van der Waals surface area (Å²) >= 11 is 0. The molecule has 2 unspecified atom stereocenters. The summed E-state index contributed by atoms with van der Waals surface area (Å²) in [7, 11) is 0. The minimum absolute atomic E-state index is 0.316. The molecule has 1 aromatic heterocycles. The zero-order chi connectivity index (χ0) is 38.8. The van der Waals surface area contributed by atoms with Crippen LogP contribution >= 0.6 is 0 Å². The van der Waals surface area contributed by atoms with Gasteiger partial charge < -0.3 is 4.74 Å². The van der Waals surface area contributed by atoms with E-state index in [2.05, 4.69) is 159 Å². The van der Waals surface area contributed by atoms with E-state index >= 15 is 0 Å². The predicted octanol–water partition coefficient (Wildman–Crippen LogP) is 13.1. The molecule has 11 rings (SSSR count). The first-order valence-corrected chi connectivity index (χ1v) is 20.3. The fraction of sp³-hybridized carbons (Fsp3) is 0.130. The maximum atomic E-state index is 7.30. The van der Waals surface area contributed by atoms with Gasteiger partial charge in [-0.15, -0.1) is 0 Å². The molecule has 1 spiro atoms. The number of nitrogens with zero attached hydrogens (tertiary/aromatic N) is 3. The van der Waals surface area contributed by atoms with E-state index in [1.54, 1.807) is 0 Å². The molecule has 3 aliphatic carbocycles. The maximum absolute atomic E-state index is 7.30. The van der Waals surface area contributed by atoms with Crippen molar-refractivity contribution in [1.82, 2.24) is 15.0 Å². The molecule has 4 aliphatic rings. The first-order chi connectivity index (χ1) is 28.5. The Morgan fingerprint density at radius 1 is 0.552 bits per heavy atom. The van der Waals surface area contributed by atoms with Gasteiger partial charge in [-0.1, -0.05) is 190 Å². The van der Waals surface area contributed by atoms with Crippen LogP contribution in [0.4, 0.5) is 0 Å². The van der Waals surface area contributed by atoms with E-state index < -0.39 is 5.41 Å². The lowest BCUT2D eigenvalue weighted by molar-refractivity contribution is 0.147. The molecule has 0 saturated heterocycles. The van der Waals surface area contributed by atoms with E-state index in [1.807, 2.05) is 36.4 Å². The molecule has 4 heteroatoms. The van der Waals surface area contributed by atoms with Crippen LogP contribution in [0.1, 0.15) is 43.4 Å². The van der Waals surface area contributed by atoms with Crippen LogP contribution in [0.25, 0.3) is 62.0 Å². The Balaban J connectivity index is 1.14. The van der Waals surface area contributed by atoms with Gasteiger partial charge in [-0.3, -0.25) is 0 Å². The zero-order valence-electron chi connectivity index (χ0n) is 32.6. The topological polar surface area (TPSA) is 47.9 Å². The average Bonchev–Trinajstić information content (AvgIpc) is 3.57. The summed E-state index contributed by atoms with van der Waals surface area (Å²) < 4.78 is 7.30. The van der Waals surface area contributed by atoms with Gasteiger partial charge in [0.05, 0.1) is 5.41 Å². The molecule has 4 nitrogen and oxygen atoms in total. The van der Waals surface area contributed by atoms with Crippen molar-refractivity contribution >= 4 is 5.57 Å². The van der Waals surface area contributed by atoms with Crippen molar-refractivity contribution in [3.63, 3.8) is 0 Å². The van der Waals surface area contributed by atoms with Crippen LogP contribution in [0.15, 0.2) is 193 Å². The van der Waals surface area contributed by atoms with Gasteiger partial charge in [0.15, 0.2) is 17.5 Å². The Labute approximate surface area is 339 Å². The third-order valence-corrected chi connectivity index (χ3v) is 12.8. The van der Waals surface area contributed by atoms with Gasteiger partial charge in [0.2, 0.25) is 0 Å². The molecule has 2 heterocycles. The molecule has 58 heavy (non-hydrogen) atoms. The fourth-order valence-corrected chi connectivity index (χ4v) is 10.2. The van der Waals surface area contributed by atoms with E-state index in [9.17, 15) is 0 Å². The highest BCUT2D eigenvalue weighted by Crippen LogP contribution is 2.70. The van der Waals surface area contributed by atoms with Crippen LogP contribution in [0.3, 0.4) is 0 Å². The number of aromatic nitrogens is 3. The molecule has 0 fully saturated rings. The van der Waals surface area contributed by atoms with Gasteiger partial charge in [0.25, 0.3) is 0 Å². The molecule has 0 saturated carbocycles. The van der Waals surface area contributed by atoms with Gasteiger partial charge in [0.1, 0.15) is 11.5 Å². The van der Waals surface area contributed by atoms with Crippen molar-refractivity contribution in [1.29, 1.82) is 0 Å². The highest BCUT2D eigenvalue weighted by Gasteiger charge is 2.63. The molecule has 0 amide bonds. The summed E-state index contributed by atoms with van der Waals surface area (Å²) in [6.07, 6.45) is 13.4. The first-order valence-electron chi connectivity index (χ1n) is 20.3. The molecular weight excluding hydrogens is 707 g/mol. The zero-order valence-corrected chi connectivity index (χ0v) is 32.6. The predicted molar refractivity (Wildman–Crippen MR) is 235 cm³/mol. The maximum Gasteiger partial charge on any atom is 0.164 e. The molecule has 6 aromatic carbocycles. The van der Waals surface area contributed by atoms with E-state index in [4.69, 9.17) is 19.7 Å². The van der Waals surface area contributed by atoms with Crippen LogP contribution < -0.4 is 4.74 Å². The van der Waals surface area contributed by atoms with Crippen molar-refractivity contribution in [3.8, 4) is 62.2 Å². The van der Waals surface area contributed by atoms with E-state index in [0.717, 1.165) is 63.3 Å². The fourth-order valence-electron chi connectivity index (χ4n) is 10.2. The third kappa shape index (κ3) is 5.04. The molecule has 7 aromatic rings. The van der Waals surface area contributed by atoms with Gasteiger partial charge in [-0.05, 0) is 63.8 Å². The van der Waals surface area contributed by atoms with Crippen molar-refractivity contribution < 1.29 is 4.74 Å². The van der Waals surface area contributed by atoms with Crippen LogP contribution in [-0.2, 0) is 5.41 Å². The Hall–Kier alpha value is -6.91. The summed E-state index contributed by atoms with van der Waals surface area (Å²) in [5, 5.41) is 0. The first kappa shape index (κ1) is 34.3. The summed E-state index contributed by atoms with van der Waals surface area (Å²) in [4.78, 5) is 15.3. The lowest BCUT2D eigenvalue weighted by Crippen LogP contribution is -2.51. The Kier molecular flexibility index (Phi) is 7.91. The van der Waals surface area contributed by atoms with E-state index in [1.165, 1.54) is 27.8 Å². The Morgan fingerprint density at radius 3 is 1.78 bits per heavy atom. The second kappa shape index (κ2) is 13.3. The van der Waals surface area contributed by atoms with E-state index in [0.29, 0.717) is 23.4 Å². The van der Waals surface area contributed by atoms with Gasteiger partial charge in [-0.25, -0.2) is 15.0 Å². The average molecular weight is 748 g/mol. The summed E-state index contributed by atoms with van der Waals surface area (Å²) in [6, 6.07) is 53.4. The lowest BCUT2D eigenvalue weighted by atomic mass is 9.50. The second-order valence-electron chi connectivity index (χ2n) is 16.1. The number of benzene rings is 6. The number of ether oxygens (including phenoxy) is 1. The standard InChI is InChI=1S/C54H41N3O/c1-35-31-32-42-41-25-13-14-28-45(41)54(47(42)34-35)46-29-17-27-43(49(46)58-48-30-15-16-33-53(48,54)2)39-23-10-9-22-38(39)40-24-11-12-26-44(40)52-56-50(36-18-5-3-6-19-36)55-51(57-52)37-20-7-4-8-21-37/h3-32,35H,33-34H2,1-2H3/t35?,53-,54?/m0/s1. The lowest BCUT2D eigenvalue weighted by Gasteiger charge is -2.55. The molecule has 3 atom stereocenters. The molecule has 278 valence electrons. The molecule has 1 aliphatic heterocycles. The molecule has 0 bridgehead atoms. The normalized spacial score (nSPS) is 21.1. The highest BCUT2D eigenvalue weighted by atomic mass is 16.5. The quantitative estimate of drug-likeness (QED) is 0.176. The van der Waals surface area contributed by atoms with Crippen LogP contribution in [0.5, 0.6) is 5.75 Å². The molecular formula is C54H41N3O. The summed E-state index contributed by atoms with van der Waals surface area (Å²) in [6.45, 7) is 4.78. The van der Waals surface area contributed by atoms with Crippen molar-refractivity contribution in [2.24, 2.45) is 11.3 Å².